The summed E-state index contributed by atoms with van der Waals surface area (Å²) in [6, 6.07) is 5.75. The first kappa shape index (κ1) is 9.81. The summed E-state index contributed by atoms with van der Waals surface area (Å²) in [5.74, 6) is 0.552. The van der Waals surface area contributed by atoms with Gasteiger partial charge in [0.15, 0.2) is 0 Å². The summed E-state index contributed by atoms with van der Waals surface area (Å²) >= 11 is 6.15. The maximum absolute atomic E-state index is 6.15. The highest BCUT2D eigenvalue weighted by Crippen LogP contribution is 2.32. The Morgan fingerprint density at radius 1 is 1.50 bits per heavy atom. The van der Waals surface area contributed by atoms with Crippen molar-refractivity contribution in [3.05, 3.63) is 28.8 Å². The number of likely N-dealkylation sites (tertiary alicyclic amines) is 1. The normalized spacial score (nSPS) is 22.9. The molecule has 0 saturated carbocycles. The lowest BCUT2D eigenvalue weighted by Gasteiger charge is -2.13. The number of nitrogens with zero attached hydrogens (tertiary/aromatic N) is 1. The van der Waals surface area contributed by atoms with Crippen molar-refractivity contribution in [2.75, 3.05) is 25.9 Å². The van der Waals surface area contributed by atoms with Crippen molar-refractivity contribution >= 4 is 17.3 Å². The smallest absolute Gasteiger partial charge is 0.0442 e. The molecular formula is C11H15ClN2. The molecule has 0 amide bonds. The Bertz CT molecular complexity index is 338. The second kappa shape index (κ2) is 3.79. The van der Waals surface area contributed by atoms with E-state index in [0.29, 0.717) is 5.92 Å². The van der Waals surface area contributed by atoms with Crippen LogP contribution in [0.5, 0.6) is 0 Å². The lowest BCUT2D eigenvalue weighted by atomic mass is 9.98. The first-order valence-electron chi connectivity index (χ1n) is 4.90. The molecule has 14 heavy (non-hydrogen) atoms. The quantitative estimate of drug-likeness (QED) is 0.721. The fraction of sp³-hybridized carbons (Fsp3) is 0.455. The van der Waals surface area contributed by atoms with Crippen LogP contribution >= 0.6 is 11.6 Å². The Kier molecular flexibility index (Phi) is 2.66. The lowest BCUT2D eigenvalue weighted by Crippen LogP contribution is -2.13. The van der Waals surface area contributed by atoms with Gasteiger partial charge < -0.3 is 10.6 Å². The van der Waals surface area contributed by atoms with E-state index in [1.165, 1.54) is 12.0 Å². The minimum Gasteiger partial charge on any atom is -0.399 e. The molecule has 0 aromatic heterocycles. The van der Waals surface area contributed by atoms with Gasteiger partial charge >= 0.3 is 0 Å². The number of hydrogen-bond acceptors (Lipinski definition) is 2. The van der Waals surface area contributed by atoms with Crippen LogP contribution in [0.25, 0.3) is 0 Å². The molecule has 0 unspecified atom stereocenters. The van der Waals surface area contributed by atoms with Gasteiger partial charge in [0.2, 0.25) is 0 Å². The average molecular weight is 211 g/mol. The van der Waals surface area contributed by atoms with Gasteiger partial charge in [-0.1, -0.05) is 11.6 Å². The number of likely N-dealkylation sites (N-methyl/N-ethyl adjacent to an activating group) is 1. The number of rotatable bonds is 1. The third kappa shape index (κ3) is 1.86. The van der Waals surface area contributed by atoms with Crippen LogP contribution in [0.3, 0.4) is 0 Å². The van der Waals surface area contributed by atoms with Crippen molar-refractivity contribution in [2.45, 2.75) is 12.3 Å². The molecule has 1 aromatic carbocycles. The highest BCUT2D eigenvalue weighted by molar-refractivity contribution is 6.31. The number of nitrogen functional groups attached to an aromatic ring is 1. The standard InChI is InChI=1S/C11H15ClN2/c1-14-5-4-8(7-14)10-6-9(13)2-3-11(10)12/h2-3,6,8H,4-5,7,13H2,1H3/t8-/m0/s1. The minimum atomic E-state index is 0.552. The molecule has 1 aromatic rings. The molecule has 1 fully saturated rings. The molecule has 0 radical (unpaired) electrons. The topological polar surface area (TPSA) is 29.3 Å². The van der Waals surface area contributed by atoms with Crippen molar-refractivity contribution in [1.29, 1.82) is 0 Å². The van der Waals surface area contributed by atoms with Gasteiger partial charge in [-0.05, 0) is 49.7 Å². The largest absolute Gasteiger partial charge is 0.399 e. The van der Waals surface area contributed by atoms with E-state index in [1.807, 2.05) is 18.2 Å². The first-order chi connectivity index (χ1) is 6.66. The second-order valence-electron chi connectivity index (χ2n) is 4.03. The van der Waals surface area contributed by atoms with Gasteiger partial charge in [-0.15, -0.1) is 0 Å². The zero-order valence-corrected chi connectivity index (χ0v) is 9.09. The van der Waals surface area contributed by atoms with E-state index in [4.69, 9.17) is 17.3 Å². The Hall–Kier alpha value is -0.730. The number of halogens is 1. The van der Waals surface area contributed by atoms with Crippen LogP contribution in [0.4, 0.5) is 5.69 Å². The van der Waals surface area contributed by atoms with Crippen molar-refractivity contribution in [3.8, 4) is 0 Å². The molecule has 1 aliphatic rings. The summed E-state index contributed by atoms with van der Waals surface area (Å²) in [6.07, 6.45) is 1.18. The van der Waals surface area contributed by atoms with Gasteiger partial charge in [0.25, 0.3) is 0 Å². The first-order valence-corrected chi connectivity index (χ1v) is 5.28. The van der Waals surface area contributed by atoms with Crippen molar-refractivity contribution in [3.63, 3.8) is 0 Å². The van der Waals surface area contributed by atoms with Crippen LogP contribution in [0.2, 0.25) is 5.02 Å². The lowest BCUT2D eigenvalue weighted by molar-refractivity contribution is 0.411. The van der Waals surface area contributed by atoms with Crippen LogP contribution in [-0.2, 0) is 0 Å². The summed E-state index contributed by atoms with van der Waals surface area (Å²) in [6.45, 7) is 2.24. The van der Waals surface area contributed by atoms with E-state index >= 15 is 0 Å². The van der Waals surface area contributed by atoms with Crippen LogP contribution in [0, 0.1) is 0 Å². The predicted molar refractivity (Wildman–Crippen MR) is 60.7 cm³/mol. The Morgan fingerprint density at radius 3 is 2.93 bits per heavy atom. The molecule has 1 heterocycles. The van der Waals surface area contributed by atoms with E-state index in [-0.39, 0.29) is 0 Å². The van der Waals surface area contributed by atoms with E-state index in [2.05, 4.69) is 11.9 Å². The highest BCUT2D eigenvalue weighted by atomic mass is 35.5. The molecule has 1 saturated heterocycles. The summed E-state index contributed by atoms with van der Waals surface area (Å²) < 4.78 is 0. The summed E-state index contributed by atoms with van der Waals surface area (Å²) in [4.78, 5) is 2.32. The molecule has 2 nitrogen and oxygen atoms in total. The molecule has 0 bridgehead atoms. The highest BCUT2D eigenvalue weighted by Gasteiger charge is 2.22. The monoisotopic (exact) mass is 210 g/mol. The third-order valence-electron chi connectivity index (χ3n) is 2.85. The number of hydrogen-bond donors (Lipinski definition) is 1. The second-order valence-corrected chi connectivity index (χ2v) is 4.44. The van der Waals surface area contributed by atoms with E-state index in [0.717, 1.165) is 23.8 Å². The number of benzene rings is 1. The van der Waals surface area contributed by atoms with Gasteiger partial charge in [-0.3, -0.25) is 0 Å². The summed E-state index contributed by atoms with van der Waals surface area (Å²) in [5, 5.41) is 0.847. The molecule has 76 valence electrons. The molecule has 2 rings (SSSR count). The zero-order valence-electron chi connectivity index (χ0n) is 8.33. The van der Waals surface area contributed by atoms with Gasteiger partial charge in [0.1, 0.15) is 0 Å². The molecule has 0 aliphatic carbocycles. The van der Waals surface area contributed by atoms with Crippen LogP contribution < -0.4 is 5.73 Å². The number of anilines is 1. The summed E-state index contributed by atoms with van der Waals surface area (Å²) in [7, 11) is 2.14. The van der Waals surface area contributed by atoms with Gasteiger partial charge in [0, 0.05) is 17.3 Å². The maximum Gasteiger partial charge on any atom is 0.0442 e. The minimum absolute atomic E-state index is 0.552. The fourth-order valence-corrected chi connectivity index (χ4v) is 2.34. The van der Waals surface area contributed by atoms with Crippen LogP contribution in [-0.4, -0.2) is 25.0 Å². The van der Waals surface area contributed by atoms with E-state index in [9.17, 15) is 0 Å². The van der Waals surface area contributed by atoms with Crippen molar-refractivity contribution in [2.24, 2.45) is 0 Å². The number of nitrogens with two attached hydrogens (primary N) is 1. The Morgan fingerprint density at radius 2 is 2.29 bits per heavy atom. The fourth-order valence-electron chi connectivity index (χ4n) is 2.06. The zero-order chi connectivity index (χ0) is 10.1. The van der Waals surface area contributed by atoms with Gasteiger partial charge in [-0.2, -0.15) is 0 Å². The molecule has 0 spiro atoms. The molecule has 3 heteroatoms. The van der Waals surface area contributed by atoms with Crippen LogP contribution in [0.15, 0.2) is 18.2 Å². The van der Waals surface area contributed by atoms with Gasteiger partial charge in [0.05, 0.1) is 0 Å². The Labute approximate surface area is 89.7 Å². The van der Waals surface area contributed by atoms with E-state index in [1.54, 1.807) is 0 Å². The molecule has 1 atom stereocenters. The Balaban J connectivity index is 2.27. The summed E-state index contributed by atoms with van der Waals surface area (Å²) in [5.41, 5.74) is 7.77. The predicted octanol–water partition coefficient (Wildman–Crippen LogP) is 2.34. The van der Waals surface area contributed by atoms with Crippen molar-refractivity contribution < 1.29 is 0 Å². The third-order valence-corrected chi connectivity index (χ3v) is 3.20. The van der Waals surface area contributed by atoms with Crippen LogP contribution in [0.1, 0.15) is 17.9 Å². The average Bonchev–Trinajstić information content (AvgIpc) is 2.56. The van der Waals surface area contributed by atoms with E-state index < -0.39 is 0 Å². The van der Waals surface area contributed by atoms with Gasteiger partial charge in [-0.25, -0.2) is 0 Å². The molecule has 2 N–H and O–H groups in total. The maximum atomic E-state index is 6.15. The SMILES string of the molecule is CN1CC[C@H](c2cc(N)ccc2Cl)C1. The van der Waals surface area contributed by atoms with Crippen molar-refractivity contribution in [1.82, 2.24) is 4.90 Å². The molecule has 1 aliphatic heterocycles. The molecular weight excluding hydrogens is 196 g/mol.